The highest BCUT2D eigenvalue weighted by molar-refractivity contribution is 6.07. The normalized spacial score (nSPS) is 34.3. The molecule has 0 aromatic heterocycles. The van der Waals surface area contributed by atoms with Crippen LogP contribution in [0.1, 0.15) is 44.6 Å². The predicted octanol–water partition coefficient (Wildman–Crippen LogP) is 3.33. The van der Waals surface area contributed by atoms with Crippen LogP contribution in [0.2, 0.25) is 0 Å². The molecule has 5 nitrogen and oxygen atoms in total. The number of carbonyl (C=O) groups excluding carboxylic acids is 2. The molecule has 1 saturated heterocycles. The van der Waals surface area contributed by atoms with Crippen LogP contribution in [0.15, 0.2) is 24.3 Å². The van der Waals surface area contributed by atoms with E-state index in [-0.39, 0.29) is 17.9 Å². The monoisotopic (exact) mass is 342 g/mol. The van der Waals surface area contributed by atoms with Crippen molar-refractivity contribution in [1.29, 1.82) is 0 Å². The molecule has 2 unspecified atom stereocenters. The lowest BCUT2D eigenvalue weighted by Gasteiger charge is -2.48. The first kappa shape index (κ1) is 16.4. The average molecular weight is 342 g/mol. The van der Waals surface area contributed by atoms with Gasteiger partial charge < -0.3 is 10.1 Å². The zero-order valence-corrected chi connectivity index (χ0v) is 15.0. The molecule has 0 spiro atoms. The van der Waals surface area contributed by atoms with Crippen LogP contribution >= 0.6 is 0 Å². The summed E-state index contributed by atoms with van der Waals surface area (Å²) in [7, 11) is 1.62. The number of urea groups is 1. The van der Waals surface area contributed by atoms with E-state index >= 15 is 0 Å². The summed E-state index contributed by atoms with van der Waals surface area (Å²) in [5, 5.41) is 3.04. The molecule has 5 heteroatoms. The van der Waals surface area contributed by atoms with Gasteiger partial charge in [0.1, 0.15) is 11.3 Å². The van der Waals surface area contributed by atoms with Crippen LogP contribution in [0.3, 0.4) is 0 Å². The molecule has 4 aliphatic rings. The molecular weight excluding hydrogens is 316 g/mol. The smallest absolute Gasteiger partial charge is 0.325 e. The molecule has 5 rings (SSSR count). The maximum atomic E-state index is 13.2. The molecule has 0 radical (unpaired) electrons. The van der Waals surface area contributed by atoms with E-state index in [9.17, 15) is 9.59 Å². The highest BCUT2D eigenvalue weighted by atomic mass is 16.5. The second kappa shape index (κ2) is 6.04. The number of fused-ring (bicyclic) bond motifs is 3. The van der Waals surface area contributed by atoms with Crippen molar-refractivity contribution in [2.24, 2.45) is 17.8 Å². The van der Waals surface area contributed by atoms with Gasteiger partial charge in [-0.05, 0) is 61.6 Å². The second-order valence-corrected chi connectivity index (χ2v) is 7.99. The van der Waals surface area contributed by atoms with Crippen LogP contribution in [-0.2, 0) is 11.3 Å². The number of benzene rings is 1. The third-order valence-corrected chi connectivity index (χ3v) is 6.59. The number of nitrogens with one attached hydrogen (secondary N) is 1. The van der Waals surface area contributed by atoms with Crippen LogP contribution < -0.4 is 10.1 Å². The third-order valence-electron chi connectivity index (χ3n) is 6.59. The maximum Gasteiger partial charge on any atom is 0.325 e. The van der Waals surface area contributed by atoms with Gasteiger partial charge in [-0.1, -0.05) is 25.0 Å². The van der Waals surface area contributed by atoms with Crippen LogP contribution in [-0.4, -0.2) is 29.5 Å². The summed E-state index contributed by atoms with van der Waals surface area (Å²) in [6.07, 6.45) is 6.05. The molecule has 1 aromatic carbocycles. The molecule has 2 atom stereocenters. The molecular formula is C20H26N2O3. The Morgan fingerprint density at radius 2 is 1.84 bits per heavy atom. The fourth-order valence-corrected chi connectivity index (χ4v) is 5.11. The number of hydrogen-bond acceptors (Lipinski definition) is 3. The van der Waals surface area contributed by atoms with E-state index in [1.807, 2.05) is 31.2 Å². The summed E-state index contributed by atoms with van der Waals surface area (Å²) in [6.45, 7) is 2.25. The van der Waals surface area contributed by atoms with Crippen LogP contribution in [0.5, 0.6) is 5.75 Å². The Balaban J connectivity index is 1.53. The number of rotatable bonds is 4. The number of methoxy groups -OCH3 is 1. The number of amides is 3. The van der Waals surface area contributed by atoms with Gasteiger partial charge in [0, 0.05) is 0 Å². The molecule has 134 valence electrons. The summed E-state index contributed by atoms with van der Waals surface area (Å²) in [6, 6.07) is 7.25. The molecule has 2 bridgehead atoms. The molecule has 3 amide bonds. The Kier molecular flexibility index (Phi) is 3.97. The first-order valence-corrected chi connectivity index (χ1v) is 9.28. The first-order valence-electron chi connectivity index (χ1n) is 9.28. The fraction of sp³-hybridized carbons (Fsp3) is 0.600. The Morgan fingerprint density at radius 3 is 2.40 bits per heavy atom. The van der Waals surface area contributed by atoms with Crippen molar-refractivity contribution in [3.63, 3.8) is 0 Å². The van der Waals surface area contributed by atoms with Gasteiger partial charge in [0.05, 0.1) is 13.7 Å². The van der Waals surface area contributed by atoms with Crippen molar-refractivity contribution in [2.75, 3.05) is 7.11 Å². The van der Waals surface area contributed by atoms with Gasteiger partial charge in [-0.2, -0.15) is 0 Å². The quantitative estimate of drug-likeness (QED) is 0.854. The molecule has 1 heterocycles. The lowest BCUT2D eigenvalue weighted by atomic mass is 9.59. The van der Waals surface area contributed by atoms with E-state index in [1.165, 1.54) is 30.6 Å². The third kappa shape index (κ3) is 2.70. The zero-order chi connectivity index (χ0) is 17.6. The standard InChI is InChI=1S/C20H26N2O3/c1-20(17-11-13-3-7-15(17)8-4-13)18(23)22(19(24)21-20)12-14-5-9-16(25-2)10-6-14/h5-6,9-10,13,15,17H,3-4,7-8,11-12H2,1-2H3,(H,21,24). The highest BCUT2D eigenvalue weighted by Gasteiger charge is 2.56. The summed E-state index contributed by atoms with van der Waals surface area (Å²) < 4.78 is 5.16. The summed E-state index contributed by atoms with van der Waals surface area (Å²) in [5.74, 6) is 2.28. The average Bonchev–Trinajstić information content (AvgIpc) is 2.87. The van der Waals surface area contributed by atoms with Crippen LogP contribution in [0.4, 0.5) is 4.79 Å². The van der Waals surface area contributed by atoms with Gasteiger partial charge in [0.25, 0.3) is 5.91 Å². The maximum absolute atomic E-state index is 13.2. The van der Waals surface area contributed by atoms with Gasteiger partial charge in [-0.3, -0.25) is 9.69 Å². The molecule has 3 saturated carbocycles. The molecule has 1 aromatic rings. The van der Waals surface area contributed by atoms with Crippen molar-refractivity contribution in [2.45, 2.75) is 51.1 Å². The van der Waals surface area contributed by atoms with E-state index < -0.39 is 5.54 Å². The molecule has 1 aliphatic heterocycles. The Bertz CT molecular complexity index is 679. The zero-order valence-electron chi connectivity index (χ0n) is 15.0. The number of nitrogens with zero attached hydrogens (tertiary/aromatic N) is 1. The predicted molar refractivity (Wildman–Crippen MR) is 94.0 cm³/mol. The summed E-state index contributed by atoms with van der Waals surface area (Å²) in [4.78, 5) is 27.1. The second-order valence-electron chi connectivity index (χ2n) is 7.99. The van der Waals surface area contributed by atoms with Crippen molar-refractivity contribution < 1.29 is 14.3 Å². The minimum atomic E-state index is -0.743. The van der Waals surface area contributed by atoms with E-state index in [0.29, 0.717) is 12.5 Å². The molecule has 3 aliphatic carbocycles. The van der Waals surface area contributed by atoms with Crippen molar-refractivity contribution in [3.8, 4) is 5.75 Å². The Labute approximate surface area is 148 Å². The largest absolute Gasteiger partial charge is 0.497 e. The number of ether oxygens (including phenoxy) is 1. The minimum Gasteiger partial charge on any atom is -0.497 e. The first-order chi connectivity index (χ1) is 12.0. The van der Waals surface area contributed by atoms with Gasteiger partial charge in [-0.15, -0.1) is 0 Å². The SMILES string of the molecule is COc1ccc(CN2C(=O)NC(C)(C3CC4CCC3CC4)C2=O)cc1. The Hall–Kier alpha value is -2.04. The lowest BCUT2D eigenvalue weighted by molar-refractivity contribution is -0.135. The van der Waals surface area contributed by atoms with Crippen molar-refractivity contribution in [1.82, 2.24) is 10.2 Å². The van der Waals surface area contributed by atoms with E-state index in [0.717, 1.165) is 23.7 Å². The van der Waals surface area contributed by atoms with Gasteiger partial charge >= 0.3 is 6.03 Å². The fourth-order valence-electron chi connectivity index (χ4n) is 5.11. The van der Waals surface area contributed by atoms with E-state index in [1.54, 1.807) is 7.11 Å². The minimum absolute atomic E-state index is 0.0640. The van der Waals surface area contributed by atoms with Crippen molar-refractivity contribution >= 4 is 11.9 Å². The summed E-state index contributed by atoms with van der Waals surface area (Å²) >= 11 is 0. The van der Waals surface area contributed by atoms with Crippen molar-refractivity contribution in [3.05, 3.63) is 29.8 Å². The van der Waals surface area contributed by atoms with Crippen LogP contribution in [0.25, 0.3) is 0 Å². The molecule has 4 fully saturated rings. The summed E-state index contributed by atoms with van der Waals surface area (Å²) in [5.41, 5.74) is 0.187. The number of imide groups is 1. The van der Waals surface area contributed by atoms with E-state index in [2.05, 4.69) is 5.32 Å². The molecule has 1 N–H and O–H groups in total. The highest BCUT2D eigenvalue weighted by Crippen LogP contribution is 2.50. The Morgan fingerprint density at radius 1 is 1.16 bits per heavy atom. The number of carbonyl (C=O) groups is 2. The molecule has 25 heavy (non-hydrogen) atoms. The van der Waals surface area contributed by atoms with Gasteiger partial charge in [0.2, 0.25) is 0 Å². The number of hydrogen-bond donors (Lipinski definition) is 1. The van der Waals surface area contributed by atoms with Gasteiger partial charge in [-0.25, -0.2) is 4.79 Å². The van der Waals surface area contributed by atoms with Crippen LogP contribution in [0, 0.1) is 17.8 Å². The topological polar surface area (TPSA) is 58.6 Å². The van der Waals surface area contributed by atoms with E-state index in [4.69, 9.17) is 4.74 Å². The lowest BCUT2D eigenvalue weighted by Crippen LogP contribution is -2.56. The van der Waals surface area contributed by atoms with Gasteiger partial charge in [0.15, 0.2) is 0 Å².